The number of hydrogen-bond donors (Lipinski definition) is 3. The summed E-state index contributed by atoms with van der Waals surface area (Å²) in [5.41, 5.74) is 9.05. The number of urea groups is 1. The molecule has 2 atom stereocenters. The molecule has 2 aromatic carbocycles. The lowest BCUT2D eigenvalue weighted by Crippen LogP contribution is -2.66. The highest BCUT2D eigenvalue weighted by Gasteiger charge is 2.52. The van der Waals surface area contributed by atoms with Gasteiger partial charge in [0.2, 0.25) is 11.8 Å². The smallest absolute Gasteiger partial charge is 0.332 e. The van der Waals surface area contributed by atoms with Crippen LogP contribution in [0.2, 0.25) is 10.0 Å². The van der Waals surface area contributed by atoms with Crippen molar-refractivity contribution in [1.29, 1.82) is 0 Å². The Morgan fingerprint density at radius 3 is 2.84 bits per heavy atom. The van der Waals surface area contributed by atoms with Crippen molar-refractivity contribution in [2.24, 2.45) is 0 Å². The van der Waals surface area contributed by atoms with Crippen molar-refractivity contribution in [3.8, 4) is 0 Å². The first-order valence-corrected chi connectivity index (χ1v) is 15.4. The number of nitrogen functional groups attached to an aromatic ring is 1. The molecular weight excluding hydrogens is 625 g/mol. The van der Waals surface area contributed by atoms with Gasteiger partial charge in [0.15, 0.2) is 5.13 Å². The highest BCUT2D eigenvalue weighted by Crippen LogP contribution is 2.32. The second-order valence-electron chi connectivity index (χ2n) is 10.5. The van der Waals surface area contributed by atoms with Crippen molar-refractivity contribution in [3.63, 3.8) is 0 Å². The number of benzene rings is 2. The number of nitrogens with two attached hydrogens (primary N) is 1. The normalized spacial score (nSPS) is 18.6. The minimum Gasteiger partial charge on any atom is -0.375 e. The zero-order chi connectivity index (χ0) is 31.0. The van der Waals surface area contributed by atoms with Crippen LogP contribution in [0, 0.1) is 0 Å². The van der Waals surface area contributed by atoms with Gasteiger partial charge in [0.25, 0.3) is 0 Å². The van der Waals surface area contributed by atoms with Crippen LogP contribution in [0.5, 0.6) is 0 Å². The van der Waals surface area contributed by atoms with Crippen molar-refractivity contribution in [2.75, 3.05) is 25.4 Å². The number of piperazine rings is 1. The molecule has 4 N–H and O–H groups in total. The molecule has 2 aliphatic rings. The van der Waals surface area contributed by atoms with E-state index in [4.69, 9.17) is 28.9 Å². The number of halogens is 2. The Morgan fingerprint density at radius 1 is 1.25 bits per heavy atom. The monoisotopic (exact) mass is 653 g/mol. The maximum atomic E-state index is 14.0. The first kappa shape index (κ1) is 29.9. The number of hydrazine groups is 1. The number of para-hydroxylation sites is 1. The molecule has 15 heteroatoms. The zero-order valence-electron chi connectivity index (χ0n) is 23.5. The van der Waals surface area contributed by atoms with E-state index in [0.717, 1.165) is 21.3 Å². The number of nitrogens with zero attached hydrogens (tertiary/aromatic N) is 6. The van der Waals surface area contributed by atoms with Crippen molar-refractivity contribution in [2.45, 2.75) is 31.7 Å². The van der Waals surface area contributed by atoms with Gasteiger partial charge in [-0.1, -0.05) is 58.8 Å². The molecule has 0 aliphatic carbocycles. The SMILES string of the molecule is C=CCN(C(=O)NCc1ccc(Cl)c(Cl)c1)N1CC(=O)N2[C@@H](Cc3cnc[nH]3)C(=O)N(Cc3cccc4sc(N)nc34)C[C@@H]21. The summed E-state index contributed by atoms with van der Waals surface area (Å²) in [4.78, 5) is 56.1. The summed E-state index contributed by atoms with van der Waals surface area (Å²) in [6.45, 7) is 4.50. The Morgan fingerprint density at radius 2 is 2.09 bits per heavy atom. The maximum absolute atomic E-state index is 14.0. The van der Waals surface area contributed by atoms with Crippen molar-refractivity contribution in [1.82, 2.24) is 40.1 Å². The van der Waals surface area contributed by atoms with Gasteiger partial charge in [0.1, 0.15) is 12.2 Å². The lowest BCUT2D eigenvalue weighted by molar-refractivity contribution is -0.157. The maximum Gasteiger partial charge on any atom is 0.332 e. The van der Waals surface area contributed by atoms with Crippen LogP contribution in [0.1, 0.15) is 16.8 Å². The van der Waals surface area contributed by atoms with Crippen molar-refractivity contribution >= 4 is 67.7 Å². The zero-order valence-corrected chi connectivity index (χ0v) is 25.8. The van der Waals surface area contributed by atoms with Gasteiger partial charge in [-0.3, -0.25) is 14.6 Å². The number of anilines is 1. The number of hydrogen-bond acceptors (Lipinski definition) is 8. The molecule has 44 heavy (non-hydrogen) atoms. The highest BCUT2D eigenvalue weighted by atomic mass is 35.5. The number of imidazole rings is 1. The van der Waals surface area contributed by atoms with Crippen LogP contribution in [0.15, 0.2) is 61.6 Å². The average Bonchev–Trinajstić information content (AvgIpc) is 3.73. The number of aromatic nitrogens is 3. The predicted octanol–water partition coefficient (Wildman–Crippen LogP) is 3.65. The van der Waals surface area contributed by atoms with Gasteiger partial charge in [-0.25, -0.2) is 14.8 Å². The largest absolute Gasteiger partial charge is 0.375 e. The molecule has 4 heterocycles. The second-order valence-corrected chi connectivity index (χ2v) is 12.4. The minimum atomic E-state index is -0.809. The number of H-pyrrole nitrogens is 1. The van der Waals surface area contributed by atoms with Crippen LogP contribution < -0.4 is 11.1 Å². The highest BCUT2D eigenvalue weighted by molar-refractivity contribution is 7.22. The van der Waals surface area contributed by atoms with E-state index in [1.54, 1.807) is 45.3 Å². The molecule has 0 bridgehead atoms. The number of nitrogens with one attached hydrogen (secondary N) is 2. The van der Waals surface area contributed by atoms with E-state index in [1.807, 2.05) is 18.2 Å². The topological polar surface area (TPSA) is 144 Å². The number of rotatable bonds is 9. The Labute approximate surface area is 267 Å². The van der Waals surface area contributed by atoms with Gasteiger partial charge >= 0.3 is 6.03 Å². The molecule has 228 valence electrons. The summed E-state index contributed by atoms with van der Waals surface area (Å²) >= 11 is 13.6. The fourth-order valence-electron chi connectivity index (χ4n) is 5.70. The van der Waals surface area contributed by atoms with E-state index < -0.39 is 18.2 Å². The fourth-order valence-corrected chi connectivity index (χ4v) is 6.80. The number of carbonyl (C=O) groups is 3. The molecule has 12 nitrogen and oxygen atoms in total. The average molecular weight is 655 g/mol. The van der Waals surface area contributed by atoms with E-state index in [-0.39, 0.29) is 51.0 Å². The Hall–Kier alpha value is -4.17. The number of amides is 4. The van der Waals surface area contributed by atoms with Gasteiger partial charge in [-0.2, -0.15) is 5.01 Å². The number of thiazole rings is 1. The fraction of sp³-hybridized carbons (Fsp3) is 0.276. The van der Waals surface area contributed by atoms with Crippen LogP contribution in [-0.4, -0.2) is 84.5 Å². The third-order valence-corrected chi connectivity index (χ3v) is 9.28. The van der Waals surface area contributed by atoms with Gasteiger partial charge in [-0.15, -0.1) is 6.58 Å². The van der Waals surface area contributed by atoms with Crippen LogP contribution in [0.4, 0.5) is 9.93 Å². The third-order valence-electron chi connectivity index (χ3n) is 7.69. The molecule has 0 spiro atoms. The molecule has 4 aromatic rings. The van der Waals surface area contributed by atoms with Crippen molar-refractivity contribution in [3.05, 3.63) is 88.4 Å². The number of carbonyl (C=O) groups excluding carboxylic acids is 3. The van der Waals surface area contributed by atoms with Gasteiger partial charge in [0, 0.05) is 31.4 Å². The Kier molecular flexibility index (Phi) is 8.45. The first-order chi connectivity index (χ1) is 21.2. The Bertz CT molecular complexity index is 1730. The molecule has 6 rings (SSSR count). The molecule has 2 aliphatic heterocycles. The molecular formula is C29H29Cl2N9O3S. The standard InChI is InChI=1S/C29H29Cl2N9O3S/c1-2-8-38(29(43)34-11-17-6-7-20(30)21(31)9-17)39-15-25(41)40-22(10-19-12-33-16-35-19)27(42)37(14-24(39)40)13-18-4-3-5-23-26(18)36-28(32)44-23/h2-7,9,12,16,22,24H,1,8,10-11,13-15H2,(H2,32,36)(H,33,35)(H,34,43)/t22-,24+/m0/s1. The second kappa shape index (κ2) is 12.4. The molecule has 0 unspecified atom stereocenters. The minimum absolute atomic E-state index is 0.0858. The third kappa shape index (κ3) is 5.83. The lowest BCUT2D eigenvalue weighted by atomic mass is 10.0. The predicted molar refractivity (Wildman–Crippen MR) is 168 cm³/mol. The van der Waals surface area contributed by atoms with Gasteiger partial charge < -0.3 is 25.8 Å². The summed E-state index contributed by atoms with van der Waals surface area (Å²) in [6.07, 6.45) is 4.40. The van der Waals surface area contributed by atoms with E-state index >= 15 is 0 Å². The van der Waals surface area contributed by atoms with Gasteiger partial charge in [-0.05, 0) is 29.3 Å². The van der Waals surface area contributed by atoms with E-state index in [0.29, 0.717) is 20.9 Å². The van der Waals surface area contributed by atoms with Crippen LogP contribution in [-0.2, 0) is 29.1 Å². The molecule has 2 fully saturated rings. The summed E-state index contributed by atoms with van der Waals surface area (Å²) in [6, 6.07) is 9.65. The number of aromatic amines is 1. The lowest BCUT2D eigenvalue weighted by Gasteiger charge is -2.46. The molecule has 0 radical (unpaired) electrons. The summed E-state index contributed by atoms with van der Waals surface area (Å²) in [5.74, 6) is -0.459. The van der Waals surface area contributed by atoms with E-state index in [2.05, 4.69) is 26.8 Å². The molecule has 4 amide bonds. The summed E-state index contributed by atoms with van der Waals surface area (Å²) in [5, 5.41) is 7.30. The summed E-state index contributed by atoms with van der Waals surface area (Å²) in [7, 11) is 0. The summed E-state index contributed by atoms with van der Waals surface area (Å²) < 4.78 is 0.925. The van der Waals surface area contributed by atoms with Crippen LogP contribution in [0.25, 0.3) is 10.2 Å². The molecule has 2 aromatic heterocycles. The Balaban J connectivity index is 1.29. The van der Waals surface area contributed by atoms with Crippen molar-refractivity contribution < 1.29 is 14.4 Å². The molecule has 2 saturated heterocycles. The number of fused-ring (bicyclic) bond motifs is 2. The van der Waals surface area contributed by atoms with Crippen LogP contribution in [0.3, 0.4) is 0 Å². The van der Waals surface area contributed by atoms with E-state index in [1.165, 1.54) is 22.7 Å². The quantitative estimate of drug-likeness (QED) is 0.234. The van der Waals surface area contributed by atoms with E-state index in [9.17, 15) is 14.4 Å². The van der Waals surface area contributed by atoms with Gasteiger partial charge in [0.05, 0.1) is 46.2 Å². The van der Waals surface area contributed by atoms with Crippen LogP contribution >= 0.6 is 34.5 Å². The molecule has 0 saturated carbocycles. The first-order valence-electron chi connectivity index (χ1n) is 13.8.